The highest BCUT2D eigenvalue weighted by Crippen LogP contribution is 2.32. The van der Waals surface area contributed by atoms with Crippen LogP contribution in [0, 0.1) is 0 Å². The molecule has 31 heavy (non-hydrogen) atoms. The molecule has 0 aliphatic carbocycles. The highest BCUT2D eigenvalue weighted by atomic mass is 16.5. The number of fused-ring (bicyclic) bond motifs is 1. The molecule has 3 aromatic carbocycles. The first-order chi connectivity index (χ1) is 15.0. The van der Waals surface area contributed by atoms with E-state index in [1.165, 1.54) is 26.5 Å². The molecule has 8 nitrogen and oxygen atoms in total. The average Bonchev–Trinajstić information content (AvgIpc) is 2.78. The number of benzene rings is 3. The number of anilines is 1. The van der Waals surface area contributed by atoms with Gasteiger partial charge in [0, 0.05) is 16.6 Å². The Hall–Kier alpha value is -4.07. The van der Waals surface area contributed by atoms with Crippen LogP contribution < -0.4 is 20.2 Å². The predicted octanol–water partition coefficient (Wildman–Crippen LogP) is 3.51. The average molecular weight is 421 g/mol. The molecule has 0 aliphatic rings. The van der Waals surface area contributed by atoms with Crippen molar-refractivity contribution in [3.8, 4) is 11.5 Å². The number of hydrogen-bond donors (Lipinski definition) is 3. The van der Waals surface area contributed by atoms with Gasteiger partial charge in [0.15, 0.2) is 11.5 Å². The summed E-state index contributed by atoms with van der Waals surface area (Å²) in [4.78, 5) is 24.2. The fourth-order valence-corrected chi connectivity index (χ4v) is 3.18. The maximum absolute atomic E-state index is 12.5. The molecule has 0 bridgehead atoms. The molecule has 0 radical (unpaired) electrons. The maximum Gasteiger partial charge on any atom is 0.340 e. The second kappa shape index (κ2) is 9.62. The van der Waals surface area contributed by atoms with Gasteiger partial charge < -0.3 is 19.9 Å². The molecule has 0 aliphatic heterocycles. The number of rotatable bonds is 8. The van der Waals surface area contributed by atoms with E-state index in [0.29, 0.717) is 0 Å². The third-order valence-corrected chi connectivity index (χ3v) is 4.73. The van der Waals surface area contributed by atoms with Crippen molar-refractivity contribution < 1.29 is 24.2 Å². The number of nitrogens with one attached hydrogen (secondary N) is 2. The summed E-state index contributed by atoms with van der Waals surface area (Å²) in [6, 6.07) is 16.2. The molecule has 0 saturated heterocycles. The zero-order valence-corrected chi connectivity index (χ0v) is 17.4. The fourth-order valence-electron chi connectivity index (χ4n) is 3.18. The molecule has 3 rings (SSSR count). The lowest BCUT2D eigenvalue weighted by Gasteiger charge is -2.15. The van der Waals surface area contributed by atoms with Gasteiger partial charge in [-0.1, -0.05) is 36.4 Å². The van der Waals surface area contributed by atoms with Crippen molar-refractivity contribution in [1.29, 1.82) is 0 Å². The first-order valence-electron chi connectivity index (χ1n) is 9.51. The van der Waals surface area contributed by atoms with Crippen LogP contribution in [0.5, 0.6) is 11.5 Å². The van der Waals surface area contributed by atoms with Crippen LogP contribution in [0.25, 0.3) is 10.8 Å². The molecule has 0 heterocycles. The number of methoxy groups -OCH3 is 2. The van der Waals surface area contributed by atoms with E-state index >= 15 is 0 Å². The quantitative estimate of drug-likeness (QED) is 0.379. The Balaban J connectivity index is 1.74. The van der Waals surface area contributed by atoms with E-state index in [9.17, 15) is 14.7 Å². The number of ether oxygens (including phenoxy) is 2. The standard InChI is InChI=1S/C23H23N3O5/c1-14(25-18-10-6-8-15-7-4-5-9-17(15)18)22(27)26-24-13-16-11-12-19(30-2)21(31-3)20(16)23(28)29/h4-14,25H,1-3H3,(H,26,27)(H,28,29)/t14-/m0/s1. The number of nitrogens with zero attached hydrogens (tertiary/aromatic N) is 1. The fraction of sp³-hybridized carbons (Fsp3) is 0.174. The Morgan fingerprint density at radius 1 is 1.03 bits per heavy atom. The molecule has 0 saturated carbocycles. The number of aromatic carboxylic acids is 1. The normalized spacial score (nSPS) is 11.8. The van der Waals surface area contributed by atoms with Gasteiger partial charge in [-0.2, -0.15) is 5.10 Å². The molecule has 3 N–H and O–H groups in total. The zero-order valence-electron chi connectivity index (χ0n) is 17.4. The summed E-state index contributed by atoms with van der Waals surface area (Å²) in [7, 11) is 2.77. The number of carboxylic acid groups (broad SMARTS) is 1. The minimum atomic E-state index is -1.20. The van der Waals surface area contributed by atoms with Crippen LogP contribution in [0.4, 0.5) is 5.69 Å². The summed E-state index contributed by atoms with van der Waals surface area (Å²) in [6.07, 6.45) is 1.26. The summed E-state index contributed by atoms with van der Waals surface area (Å²) in [6.45, 7) is 1.71. The van der Waals surface area contributed by atoms with Crippen molar-refractivity contribution in [2.75, 3.05) is 19.5 Å². The lowest BCUT2D eigenvalue weighted by atomic mass is 10.1. The second-order valence-electron chi connectivity index (χ2n) is 6.70. The first kappa shape index (κ1) is 21.6. The molecule has 1 amide bonds. The van der Waals surface area contributed by atoms with Crippen LogP contribution in [0.2, 0.25) is 0 Å². The highest BCUT2D eigenvalue weighted by molar-refractivity contribution is 6.02. The largest absolute Gasteiger partial charge is 0.493 e. The number of hydrazone groups is 1. The molecule has 3 aromatic rings. The smallest absolute Gasteiger partial charge is 0.340 e. The van der Waals surface area contributed by atoms with Crippen molar-refractivity contribution in [3.63, 3.8) is 0 Å². The molecule has 0 spiro atoms. The van der Waals surface area contributed by atoms with E-state index in [1.807, 2.05) is 42.5 Å². The lowest BCUT2D eigenvalue weighted by Crippen LogP contribution is -2.35. The van der Waals surface area contributed by atoms with Crippen molar-refractivity contribution in [3.05, 3.63) is 65.7 Å². The summed E-state index contributed by atoms with van der Waals surface area (Å²) in [5.41, 5.74) is 3.42. The Morgan fingerprint density at radius 3 is 2.48 bits per heavy atom. The number of amides is 1. The molecule has 0 unspecified atom stereocenters. The van der Waals surface area contributed by atoms with Crippen LogP contribution in [0.3, 0.4) is 0 Å². The Morgan fingerprint density at radius 2 is 1.77 bits per heavy atom. The van der Waals surface area contributed by atoms with Gasteiger partial charge in [0.25, 0.3) is 5.91 Å². The third kappa shape index (κ3) is 4.75. The molecular formula is C23H23N3O5. The van der Waals surface area contributed by atoms with E-state index in [0.717, 1.165) is 16.5 Å². The molecule has 0 fully saturated rings. The molecule has 160 valence electrons. The molecule has 8 heteroatoms. The molecule has 1 atom stereocenters. The third-order valence-electron chi connectivity index (χ3n) is 4.73. The van der Waals surface area contributed by atoms with E-state index in [4.69, 9.17) is 9.47 Å². The minimum absolute atomic E-state index is 0.0799. The van der Waals surface area contributed by atoms with Gasteiger partial charge in [0.1, 0.15) is 11.6 Å². The summed E-state index contributed by atoms with van der Waals surface area (Å²) in [5.74, 6) is -1.21. The van der Waals surface area contributed by atoms with Crippen LogP contribution in [-0.4, -0.2) is 43.5 Å². The van der Waals surface area contributed by atoms with Gasteiger partial charge in [0.2, 0.25) is 0 Å². The Kier molecular flexibility index (Phi) is 6.71. The summed E-state index contributed by atoms with van der Waals surface area (Å²) < 4.78 is 10.3. The topological polar surface area (TPSA) is 109 Å². The van der Waals surface area contributed by atoms with Gasteiger partial charge in [0.05, 0.1) is 20.4 Å². The number of carbonyl (C=O) groups is 2. The number of hydrogen-bond acceptors (Lipinski definition) is 6. The lowest BCUT2D eigenvalue weighted by molar-refractivity contribution is -0.121. The maximum atomic E-state index is 12.5. The molecule has 0 aromatic heterocycles. The van der Waals surface area contributed by atoms with Gasteiger partial charge >= 0.3 is 5.97 Å². The monoisotopic (exact) mass is 421 g/mol. The van der Waals surface area contributed by atoms with Crippen LogP contribution in [0.15, 0.2) is 59.7 Å². The summed E-state index contributed by atoms with van der Waals surface area (Å²) in [5, 5.41) is 18.7. The van der Waals surface area contributed by atoms with Gasteiger partial charge in [-0.3, -0.25) is 4.79 Å². The number of carbonyl (C=O) groups excluding carboxylic acids is 1. The zero-order chi connectivity index (χ0) is 22.4. The van der Waals surface area contributed by atoms with E-state index in [-0.39, 0.29) is 28.5 Å². The second-order valence-corrected chi connectivity index (χ2v) is 6.70. The van der Waals surface area contributed by atoms with E-state index < -0.39 is 12.0 Å². The summed E-state index contributed by atoms with van der Waals surface area (Å²) >= 11 is 0. The number of carboxylic acids is 1. The van der Waals surface area contributed by atoms with Crippen molar-refractivity contribution >= 4 is 34.6 Å². The van der Waals surface area contributed by atoms with Gasteiger partial charge in [-0.05, 0) is 30.5 Å². The van der Waals surface area contributed by atoms with Crippen LogP contribution in [-0.2, 0) is 4.79 Å². The minimum Gasteiger partial charge on any atom is -0.493 e. The van der Waals surface area contributed by atoms with Crippen molar-refractivity contribution in [1.82, 2.24) is 5.43 Å². The van der Waals surface area contributed by atoms with Gasteiger partial charge in [-0.25, -0.2) is 10.2 Å². The highest BCUT2D eigenvalue weighted by Gasteiger charge is 2.20. The van der Waals surface area contributed by atoms with Gasteiger partial charge in [-0.15, -0.1) is 0 Å². The van der Waals surface area contributed by atoms with Crippen molar-refractivity contribution in [2.24, 2.45) is 5.10 Å². The van der Waals surface area contributed by atoms with E-state index in [1.54, 1.807) is 13.0 Å². The van der Waals surface area contributed by atoms with Crippen LogP contribution in [0.1, 0.15) is 22.8 Å². The molecular weight excluding hydrogens is 398 g/mol. The van der Waals surface area contributed by atoms with Crippen LogP contribution >= 0.6 is 0 Å². The Labute approximate surface area is 179 Å². The van der Waals surface area contributed by atoms with E-state index in [2.05, 4.69) is 15.8 Å². The van der Waals surface area contributed by atoms with Crippen molar-refractivity contribution in [2.45, 2.75) is 13.0 Å². The Bertz CT molecular complexity index is 1140. The predicted molar refractivity (Wildman–Crippen MR) is 119 cm³/mol. The first-order valence-corrected chi connectivity index (χ1v) is 9.51. The SMILES string of the molecule is COc1ccc(C=NNC(=O)[C@H](C)Nc2cccc3ccccc23)c(C(=O)O)c1OC.